The fourth-order valence-corrected chi connectivity index (χ4v) is 9.71. The summed E-state index contributed by atoms with van der Waals surface area (Å²) in [6.07, 6.45) is 0.750. The number of guanidine groups is 1. The molecule has 4 aromatic rings. The lowest BCUT2D eigenvalue weighted by Gasteiger charge is -2.35. The minimum absolute atomic E-state index is 0.00763. The topological polar surface area (TPSA) is 434 Å². The molecule has 1 aliphatic heterocycles. The van der Waals surface area contributed by atoms with Gasteiger partial charge in [-0.2, -0.15) is 0 Å². The van der Waals surface area contributed by atoms with Crippen LogP contribution in [0.25, 0.3) is 10.8 Å². The molecule has 486 valence electrons. The van der Waals surface area contributed by atoms with Gasteiger partial charge in [-0.15, -0.1) is 0 Å². The minimum Gasteiger partial charge on any atom is -0.508 e. The number of carbonyl (C=O) groups is 10. The van der Waals surface area contributed by atoms with E-state index in [4.69, 9.17) is 16.6 Å². The summed E-state index contributed by atoms with van der Waals surface area (Å²) in [6, 6.07) is 21.4. The second-order valence-electron chi connectivity index (χ2n) is 21.5. The molecule has 0 unspecified atom stereocenters. The first-order chi connectivity index (χ1) is 43.0. The maximum Gasteiger partial charge on any atom is 0.317 e. The number of likely N-dealkylation sites (N-methyl/N-ethyl adjacent to an activating group) is 1. The lowest BCUT2D eigenvalue weighted by atomic mass is 10.00. The van der Waals surface area contributed by atoms with Crippen molar-refractivity contribution in [2.75, 3.05) is 104 Å². The van der Waals surface area contributed by atoms with Crippen molar-refractivity contribution < 1.29 is 68.4 Å². The van der Waals surface area contributed by atoms with Crippen molar-refractivity contribution in [2.45, 2.75) is 69.1 Å². The summed E-state index contributed by atoms with van der Waals surface area (Å²) in [5.41, 5.74) is 13.5. The molecule has 4 atom stereocenters. The van der Waals surface area contributed by atoms with E-state index in [9.17, 15) is 63.3 Å². The Morgan fingerprint density at radius 1 is 0.644 bits per heavy atom. The summed E-state index contributed by atoms with van der Waals surface area (Å²) >= 11 is 0. The molecule has 29 nitrogen and oxygen atoms in total. The number of aromatic hydroxyl groups is 1. The summed E-state index contributed by atoms with van der Waals surface area (Å²) in [5.74, 6) is -7.20. The molecule has 4 aromatic carbocycles. The third kappa shape index (κ3) is 25.9. The van der Waals surface area contributed by atoms with Gasteiger partial charge in [0.05, 0.1) is 38.8 Å². The number of nitrogens with one attached hydrogen (secondary N) is 9. The number of amides is 7. The van der Waals surface area contributed by atoms with E-state index < -0.39 is 90.0 Å². The van der Waals surface area contributed by atoms with Gasteiger partial charge >= 0.3 is 17.9 Å². The summed E-state index contributed by atoms with van der Waals surface area (Å²) in [7, 11) is 1.62. The Morgan fingerprint density at radius 3 is 1.91 bits per heavy atom. The number of rotatable bonds is 34. The van der Waals surface area contributed by atoms with E-state index in [1.807, 2.05) is 42.5 Å². The van der Waals surface area contributed by atoms with Crippen LogP contribution in [0, 0.1) is 0 Å². The summed E-state index contributed by atoms with van der Waals surface area (Å²) in [6.45, 7) is 4.18. The summed E-state index contributed by atoms with van der Waals surface area (Å²) in [4.78, 5) is 138. The van der Waals surface area contributed by atoms with Crippen LogP contribution in [0.15, 0.2) is 108 Å². The number of fused-ring (bicyclic) bond motifs is 1. The molecule has 90 heavy (non-hydrogen) atoms. The number of hydrogen-bond donors (Lipinski definition) is 15. The highest BCUT2D eigenvalue weighted by Crippen LogP contribution is 2.21. The van der Waals surface area contributed by atoms with Crippen LogP contribution in [0.3, 0.4) is 0 Å². The first-order valence-electron chi connectivity index (χ1n) is 29.4. The van der Waals surface area contributed by atoms with Crippen molar-refractivity contribution in [3.63, 3.8) is 0 Å². The standard InChI is InChI=1S/C61H83N15O14/c1-39-48(32-40-12-19-46(77)20-13-40)71-53(80)35-69-58(88)49(33-41-11-14-42-7-3-4-8-44(42)31-41)73-59(89)47(9-5-23-68-61(62)63)72-60(90)50(74(39)2)10-6-22-67-57(87)43-15-17-45(18-16-43)70-51(78)21-24-66-52(79)34-64-25-27-75(37-55(83)84)29-30-76(38-56(85)86)28-26-65-36-54(81)82/h3-4,7-8,11-20,31,47-50,64-65,77H,1,5-6,9-10,21-30,32-38H2,2H3,(H,66,79)(H,67,87)(H,69,88)(H,70,78)(H,71,80)(H,72,90)(H,73,89)(H,81,82)(H,83,84)(H,85,86)(H4,62,63,68)/t47-,48+,49-,50+/m0/s1. The summed E-state index contributed by atoms with van der Waals surface area (Å²) < 4.78 is 0. The molecule has 0 aromatic heterocycles. The number of aliphatic carboxylic acids is 3. The molecule has 7 amide bonds. The zero-order valence-electron chi connectivity index (χ0n) is 50.3. The van der Waals surface area contributed by atoms with E-state index in [1.54, 1.807) is 33.9 Å². The highest BCUT2D eigenvalue weighted by atomic mass is 16.4. The van der Waals surface area contributed by atoms with Crippen LogP contribution in [0.1, 0.15) is 53.6 Å². The average molecular weight is 1250 g/mol. The monoisotopic (exact) mass is 1250 g/mol. The predicted molar refractivity (Wildman–Crippen MR) is 335 cm³/mol. The average Bonchev–Trinajstić information content (AvgIpc) is 1.40. The number of benzene rings is 4. The van der Waals surface area contributed by atoms with Gasteiger partial charge in [0, 0.05) is 95.7 Å². The van der Waals surface area contributed by atoms with Gasteiger partial charge in [0.1, 0.15) is 23.9 Å². The lowest BCUT2D eigenvalue weighted by Crippen LogP contribution is -2.57. The lowest BCUT2D eigenvalue weighted by molar-refractivity contribution is -0.140. The molecule has 1 fully saturated rings. The highest BCUT2D eigenvalue weighted by Gasteiger charge is 2.34. The largest absolute Gasteiger partial charge is 0.508 e. The van der Waals surface area contributed by atoms with Crippen molar-refractivity contribution in [3.8, 4) is 5.75 Å². The van der Waals surface area contributed by atoms with Gasteiger partial charge in [0.2, 0.25) is 35.4 Å². The van der Waals surface area contributed by atoms with Gasteiger partial charge in [-0.3, -0.25) is 62.7 Å². The van der Waals surface area contributed by atoms with Crippen LogP contribution in [0.2, 0.25) is 0 Å². The fraction of sp³-hybridized carbons (Fsp3) is 0.426. The Hall–Kier alpha value is -9.71. The van der Waals surface area contributed by atoms with E-state index in [0.717, 1.165) is 16.3 Å². The number of carbonyl (C=O) groups excluding carboxylic acids is 7. The van der Waals surface area contributed by atoms with E-state index in [1.165, 1.54) is 36.4 Å². The SMILES string of the molecule is C=C1[C@@H](Cc2ccc(O)cc2)NC(=O)CNC(=O)[C@H](Cc2ccc3ccccc3c2)NC(=O)[C@H](CCCN=C(N)N)NC(=O)[C@@H](CCCNC(=O)c2ccc(NC(=O)CCNC(=O)CNCCN(CCN(CCNCC(=O)O)CC(=O)O)CC(=O)O)cc2)N1C. The second-order valence-corrected chi connectivity index (χ2v) is 21.5. The summed E-state index contributed by atoms with van der Waals surface area (Å²) in [5, 5.41) is 64.6. The molecule has 0 radical (unpaired) electrons. The van der Waals surface area contributed by atoms with Crippen LogP contribution in [0.5, 0.6) is 5.75 Å². The van der Waals surface area contributed by atoms with Gasteiger partial charge in [-0.25, -0.2) is 0 Å². The molecular formula is C61H83N15O14. The smallest absolute Gasteiger partial charge is 0.317 e. The molecule has 1 saturated heterocycles. The Bertz CT molecular complexity index is 3140. The Morgan fingerprint density at radius 2 is 1.27 bits per heavy atom. The van der Waals surface area contributed by atoms with Crippen molar-refractivity contribution in [1.29, 1.82) is 0 Å². The van der Waals surface area contributed by atoms with Crippen LogP contribution >= 0.6 is 0 Å². The number of carboxylic acids is 3. The number of aliphatic imine (C=N–C) groups is 1. The fourth-order valence-electron chi connectivity index (χ4n) is 9.71. The zero-order valence-corrected chi connectivity index (χ0v) is 50.3. The van der Waals surface area contributed by atoms with Crippen molar-refractivity contribution in [2.24, 2.45) is 16.5 Å². The molecule has 17 N–H and O–H groups in total. The van der Waals surface area contributed by atoms with E-state index >= 15 is 0 Å². The first kappa shape index (κ1) is 71.0. The maximum atomic E-state index is 14.7. The molecule has 0 bridgehead atoms. The Balaban J connectivity index is 1.17. The van der Waals surface area contributed by atoms with Gasteiger partial charge in [0.25, 0.3) is 5.91 Å². The number of nitrogens with two attached hydrogens (primary N) is 2. The van der Waals surface area contributed by atoms with Crippen LogP contribution in [-0.4, -0.2) is 223 Å². The molecule has 29 heteroatoms. The Kier molecular flexibility index (Phi) is 29.4. The van der Waals surface area contributed by atoms with Gasteiger partial charge in [-0.1, -0.05) is 61.2 Å². The van der Waals surface area contributed by atoms with E-state index in [2.05, 4.69) is 59.4 Å². The molecule has 0 spiro atoms. The number of hydrogen-bond acceptors (Lipinski definition) is 17. The molecule has 1 aliphatic rings. The quantitative estimate of drug-likeness (QED) is 0.0143. The number of carboxylic acid groups (broad SMARTS) is 3. The molecule has 5 rings (SSSR count). The number of nitrogens with zero attached hydrogens (tertiary/aromatic N) is 4. The van der Waals surface area contributed by atoms with Crippen molar-refractivity contribution in [3.05, 3.63) is 120 Å². The molecular weight excluding hydrogens is 1170 g/mol. The van der Waals surface area contributed by atoms with Crippen LogP contribution in [-0.2, 0) is 56.0 Å². The van der Waals surface area contributed by atoms with Crippen molar-refractivity contribution >= 4 is 81.7 Å². The predicted octanol–water partition coefficient (Wildman–Crippen LogP) is -1.53. The van der Waals surface area contributed by atoms with Crippen molar-refractivity contribution in [1.82, 2.24) is 57.2 Å². The van der Waals surface area contributed by atoms with Gasteiger partial charge in [0.15, 0.2) is 5.96 Å². The maximum absolute atomic E-state index is 14.7. The van der Waals surface area contributed by atoms with E-state index in [-0.39, 0.29) is 147 Å². The third-order valence-electron chi connectivity index (χ3n) is 14.5. The van der Waals surface area contributed by atoms with Crippen LogP contribution in [0.4, 0.5) is 5.69 Å². The molecule has 1 heterocycles. The minimum atomic E-state index is -1.20. The molecule has 0 saturated carbocycles. The highest BCUT2D eigenvalue weighted by molar-refractivity contribution is 5.97. The third-order valence-corrected chi connectivity index (χ3v) is 14.5. The zero-order chi connectivity index (χ0) is 65.5. The second kappa shape index (κ2) is 37.2. The first-order valence-corrected chi connectivity index (χ1v) is 29.4. The number of anilines is 1. The van der Waals surface area contributed by atoms with Gasteiger partial charge < -0.3 is 84.6 Å². The van der Waals surface area contributed by atoms with E-state index in [0.29, 0.717) is 16.9 Å². The molecule has 0 aliphatic carbocycles. The Labute approximate surface area is 520 Å². The number of phenolic OH excluding ortho intramolecular Hbond substituents is 1. The van der Waals surface area contributed by atoms with Gasteiger partial charge in [-0.05, 0) is 90.4 Å². The normalized spacial score (nSPS) is 16.6. The van der Waals surface area contributed by atoms with Crippen LogP contribution < -0.4 is 59.3 Å². The number of phenols is 1.